The molecule has 4 unspecified atom stereocenters. The van der Waals surface area contributed by atoms with Crippen molar-refractivity contribution < 1.29 is 54.2 Å². The number of hydrogen-bond acceptors (Lipinski definition) is 3. The molecule has 0 radical (unpaired) electrons. The molecule has 12 heteroatoms. The first kappa shape index (κ1) is 27.8. The molecule has 31 heavy (non-hydrogen) atoms. The Morgan fingerprint density at radius 3 is 1.58 bits per heavy atom. The van der Waals surface area contributed by atoms with E-state index in [1.165, 1.54) is 13.8 Å². The lowest BCUT2D eigenvalue weighted by molar-refractivity contribution is -0.360. The standard InChI is InChI=1S/C19H27F9O3/c1-6-14(2,3)13(29)31-12-8-10(15(4,17(20,21)22)18(23,24)25)7-11(9-12)16(5,30)19(26,27)28/h10-12,30H,6-9H2,1-5H3. The first-order chi connectivity index (χ1) is 13.5. The van der Waals surface area contributed by atoms with E-state index in [0.29, 0.717) is 6.92 Å². The molecule has 4 atom stereocenters. The van der Waals surface area contributed by atoms with E-state index in [0.717, 1.165) is 0 Å². The molecule has 1 saturated carbocycles. The summed E-state index contributed by atoms with van der Waals surface area (Å²) in [6.45, 7) is 4.63. The summed E-state index contributed by atoms with van der Waals surface area (Å²) in [6, 6.07) is 0. The maximum atomic E-state index is 13.6. The summed E-state index contributed by atoms with van der Waals surface area (Å²) in [6.07, 6.45) is -21.3. The molecule has 3 nitrogen and oxygen atoms in total. The molecule has 0 aromatic heterocycles. The number of alkyl halides is 9. The van der Waals surface area contributed by atoms with E-state index in [1.807, 2.05) is 0 Å². The van der Waals surface area contributed by atoms with Crippen molar-refractivity contribution in [3.05, 3.63) is 0 Å². The van der Waals surface area contributed by atoms with Crippen LogP contribution in [0.2, 0.25) is 0 Å². The number of carbonyl (C=O) groups excluding carboxylic acids is 1. The van der Waals surface area contributed by atoms with Gasteiger partial charge in [0.25, 0.3) is 0 Å². The fraction of sp³-hybridized carbons (Fsp3) is 0.947. The van der Waals surface area contributed by atoms with Crippen LogP contribution in [0.1, 0.15) is 60.3 Å². The van der Waals surface area contributed by atoms with Gasteiger partial charge in [0.05, 0.1) is 5.41 Å². The van der Waals surface area contributed by atoms with Gasteiger partial charge in [0, 0.05) is 5.92 Å². The van der Waals surface area contributed by atoms with Gasteiger partial charge < -0.3 is 9.84 Å². The molecular formula is C19H27F9O3. The monoisotopic (exact) mass is 474 g/mol. The number of hydrogen-bond donors (Lipinski definition) is 1. The zero-order chi connectivity index (χ0) is 24.8. The van der Waals surface area contributed by atoms with Crippen LogP contribution in [0.5, 0.6) is 0 Å². The SMILES string of the molecule is CCC(C)(C)C(=O)OC1CC(C(C)(O)C(F)(F)F)CC(C(C)(C(F)(F)F)C(F)(F)F)C1. The summed E-state index contributed by atoms with van der Waals surface area (Å²) in [7, 11) is 0. The topological polar surface area (TPSA) is 46.5 Å². The van der Waals surface area contributed by atoms with Crippen LogP contribution in [0, 0.1) is 22.7 Å². The molecule has 1 aliphatic carbocycles. The number of carbonyl (C=O) groups is 1. The second kappa shape index (κ2) is 8.30. The number of esters is 1. The average molecular weight is 474 g/mol. The van der Waals surface area contributed by atoms with Gasteiger partial charge in [0.15, 0.2) is 11.0 Å². The largest absolute Gasteiger partial charge is 0.462 e. The fourth-order valence-electron chi connectivity index (χ4n) is 3.60. The summed E-state index contributed by atoms with van der Waals surface area (Å²) in [5, 5.41) is 9.99. The Balaban J connectivity index is 3.47. The van der Waals surface area contributed by atoms with Gasteiger partial charge in [-0.2, -0.15) is 39.5 Å². The Bertz CT molecular complexity index is 633. The maximum absolute atomic E-state index is 13.6. The van der Waals surface area contributed by atoms with Crippen molar-refractivity contribution in [1.82, 2.24) is 0 Å². The third kappa shape index (κ3) is 5.24. The van der Waals surface area contributed by atoms with Crippen LogP contribution in [0.15, 0.2) is 0 Å². The molecule has 1 rings (SSSR count). The number of halogens is 9. The van der Waals surface area contributed by atoms with Crippen LogP contribution in [0.4, 0.5) is 39.5 Å². The van der Waals surface area contributed by atoms with Crippen LogP contribution in [-0.2, 0) is 9.53 Å². The Labute approximate surface area is 174 Å². The van der Waals surface area contributed by atoms with Crippen LogP contribution in [0.25, 0.3) is 0 Å². The minimum Gasteiger partial charge on any atom is -0.462 e. The van der Waals surface area contributed by atoms with E-state index in [2.05, 4.69) is 0 Å². The van der Waals surface area contributed by atoms with Crippen LogP contribution < -0.4 is 0 Å². The molecule has 0 spiro atoms. The summed E-state index contributed by atoms with van der Waals surface area (Å²) in [5.41, 5.74) is -9.08. The van der Waals surface area contributed by atoms with Crippen molar-refractivity contribution >= 4 is 5.97 Å². The lowest BCUT2D eigenvalue weighted by atomic mass is 9.62. The van der Waals surface area contributed by atoms with Crippen molar-refractivity contribution in [2.75, 3.05) is 0 Å². The highest BCUT2D eigenvalue weighted by molar-refractivity contribution is 5.76. The lowest BCUT2D eigenvalue weighted by Gasteiger charge is -2.48. The molecule has 1 fully saturated rings. The van der Waals surface area contributed by atoms with Crippen molar-refractivity contribution in [3.8, 4) is 0 Å². The van der Waals surface area contributed by atoms with Gasteiger partial charge in [0.1, 0.15) is 6.10 Å². The van der Waals surface area contributed by atoms with Crippen molar-refractivity contribution in [2.24, 2.45) is 22.7 Å². The smallest absolute Gasteiger partial charge is 0.417 e. The highest BCUT2D eigenvalue weighted by Gasteiger charge is 2.72. The summed E-state index contributed by atoms with van der Waals surface area (Å²) in [4.78, 5) is 12.3. The van der Waals surface area contributed by atoms with Gasteiger partial charge in [-0.15, -0.1) is 0 Å². The highest BCUT2D eigenvalue weighted by atomic mass is 19.4. The second-order valence-corrected chi connectivity index (χ2v) is 9.21. The molecule has 0 amide bonds. The van der Waals surface area contributed by atoms with E-state index < -0.39 is 78.1 Å². The molecule has 0 aromatic rings. The molecule has 1 aliphatic rings. The predicted octanol–water partition coefficient (Wildman–Crippen LogP) is 6.19. The second-order valence-electron chi connectivity index (χ2n) is 9.21. The Kier molecular flexibility index (Phi) is 7.45. The van der Waals surface area contributed by atoms with E-state index >= 15 is 0 Å². The molecular weight excluding hydrogens is 447 g/mol. The average Bonchev–Trinajstić information content (AvgIpc) is 2.57. The molecule has 0 aromatic carbocycles. The molecule has 0 bridgehead atoms. The molecule has 184 valence electrons. The van der Waals surface area contributed by atoms with E-state index in [9.17, 15) is 49.4 Å². The number of aliphatic hydroxyl groups is 1. The normalized spacial score (nSPS) is 26.4. The first-order valence-corrected chi connectivity index (χ1v) is 9.66. The molecule has 0 aliphatic heterocycles. The third-order valence-electron chi connectivity index (χ3n) is 6.74. The quantitative estimate of drug-likeness (QED) is 0.382. The van der Waals surface area contributed by atoms with Gasteiger partial charge in [-0.1, -0.05) is 6.92 Å². The minimum atomic E-state index is -5.83. The number of ether oxygens (including phenoxy) is 1. The van der Waals surface area contributed by atoms with E-state index in [4.69, 9.17) is 4.74 Å². The highest BCUT2D eigenvalue weighted by Crippen LogP contribution is 2.60. The molecule has 0 saturated heterocycles. The van der Waals surface area contributed by atoms with Gasteiger partial charge in [0.2, 0.25) is 0 Å². The lowest BCUT2D eigenvalue weighted by Crippen LogP contribution is -2.58. The zero-order valence-electron chi connectivity index (χ0n) is 17.7. The van der Waals surface area contributed by atoms with Gasteiger partial charge >= 0.3 is 24.5 Å². The first-order valence-electron chi connectivity index (χ1n) is 9.66. The van der Waals surface area contributed by atoms with Crippen LogP contribution >= 0.6 is 0 Å². The fourth-order valence-corrected chi connectivity index (χ4v) is 3.60. The van der Waals surface area contributed by atoms with Gasteiger partial charge in [-0.3, -0.25) is 4.79 Å². The number of rotatable bonds is 5. The predicted molar refractivity (Wildman–Crippen MR) is 91.7 cm³/mol. The Morgan fingerprint density at radius 1 is 0.806 bits per heavy atom. The van der Waals surface area contributed by atoms with Gasteiger partial charge in [-0.25, -0.2) is 0 Å². The summed E-state index contributed by atoms with van der Waals surface area (Å²) < 4.78 is 126. The van der Waals surface area contributed by atoms with E-state index in [1.54, 1.807) is 6.92 Å². The molecule has 0 heterocycles. The Morgan fingerprint density at radius 2 is 1.23 bits per heavy atom. The molecule has 1 N–H and O–H groups in total. The summed E-state index contributed by atoms with van der Waals surface area (Å²) >= 11 is 0. The summed E-state index contributed by atoms with van der Waals surface area (Å²) in [5.74, 6) is -5.40. The maximum Gasteiger partial charge on any atom is 0.417 e. The van der Waals surface area contributed by atoms with Gasteiger partial charge in [-0.05, 0) is 59.3 Å². The van der Waals surface area contributed by atoms with E-state index in [-0.39, 0.29) is 13.3 Å². The van der Waals surface area contributed by atoms with Crippen molar-refractivity contribution in [1.29, 1.82) is 0 Å². The third-order valence-corrected chi connectivity index (χ3v) is 6.74. The Hall–Kier alpha value is -1.20. The zero-order valence-corrected chi connectivity index (χ0v) is 17.7. The van der Waals surface area contributed by atoms with Crippen molar-refractivity contribution in [3.63, 3.8) is 0 Å². The van der Waals surface area contributed by atoms with Crippen LogP contribution in [-0.4, -0.2) is 41.3 Å². The van der Waals surface area contributed by atoms with Crippen molar-refractivity contribution in [2.45, 2.75) is 90.5 Å². The minimum absolute atomic E-state index is 0.114. The van der Waals surface area contributed by atoms with Crippen LogP contribution in [0.3, 0.4) is 0 Å².